The molecule has 0 bridgehead atoms. The number of hydrogen-bond acceptors (Lipinski definition) is 5. The Hall–Kier alpha value is -2.06. The molecular weight excluding hydrogens is 398 g/mol. The van der Waals surface area contributed by atoms with E-state index in [0.717, 1.165) is 4.31 Å². The number of rotatable bonds is 4. The van der Waals surface area contributed by atoms with E-state index in [0.29, 0.717) is 21.5 Å². The van der Waals surface area contributed by atoms with Gasteiger partial charge >= 0.3 is 0 Å². The van der Waals surface area contributed by atoms with Crippen molar-refractivity contribution in [1.29, 1.82) is 0 Å². The third kappa shape index (κ3) is 2.55. The Morgan fingerprint density at radius 1 is 1.08 bits per heavy atom. The highest BCUT2D eigenvalue weighted by molar-refractivity contribution is 9.10. The van der Waals surface area contributed by atoms with Gasteiger partial charge in [0.1, 0.15) is 4.90 Å². The topological polar surface area (TPSA) is 72.9 Å². The van der Waals surface area contributed by atoms with E-state index in [9.17, 15) is 13.2 Å². The third-order valence-corrected chi connectivity index (χ3v) is 6.30. The summed E-state index contributed by atoms with van der Waals surface area (Å²) < 4.78 is 37.2. The molecule has 8 heteroatoms. The van der Waals surface area contributed by atoms with Gasteiger partial charge in [-0.15, -0.1) is 0 Å². The van der Waals surface area contributed by atoms with Crippen LogP contribution in [0, 0.1) is 0 Å². The molecule has 0 N–H and O–H groups in total. The molecule has 0 unspecified atom stereocenters. The second kappa shape index (κ2) is 6.10. The van der Waals surface area contributed by atoms with Gasteiger partial charge in [0, 0.05) is 4.47 Å². The predicted octanol–water partition coefficient (Wildman–Crippen LogP) is 2.81. The highest BCUT2D eigenvalue weighted by Gasteiger charge is 2.41. The van der Waals surface area contributed by atoms with Crippen molar-refractivity contribution >= 4 is 31.9 Å². The number of nitrogens with zero attached hydrogens (tertiary/aromatic N) is 1. The summed E-state index contributed by atoms with van der Waals surface area (Å²) in [5.74, 6) is 0.427. The van der Waals surface area contributed by atoms with Crippen molar-refractivity contribution in [3.8, 4) is 11.5 Å². The Morgan fingerprint density at radius 2 is 1.71 bits per heavy atom. The molecular formula is C16H14BrNO5S. The summed E-state index contributed by atoms with van der Waals surface area (Å²) in [6.45, 7) is -0.100. The van der Waals surface area contributed by atoms with Crippen molar-refractivity contribution in [3.63, 3.8) is 0 Å². The Labute approximate surface area is 148 Å². The van der Waals surface area contributed by atoms with Gasteiger partial charge in [-0.1, -0.05) is 28.1 Å². The molecule has 1 aliphatic heterocycles. The number of carbonyl (C=O) groups excluding carboxylic acids is 1. The highest BCUT2D eigenvalue weighted by Crippen LogP contribution is 2.37. The summed E-state index contributed by atoms with van der Waals surface area (Å²) in [6, 6.07) is 9.51. The van der Waals surface area contributed by atoms with Crippen molar-refractivity contribution < 1.29 is 22.7 Å². The zero-order chi connectivity index (χ0) is 17.5. The number of amides is 1. The Morgan fingerprint density at radius 3 is 2.33 bits per heavy atom. The number of hydrogen-bond donors (Lipinski definition) is 0. The molecule has 0 saturated heterocycles. The van der Waals surface area contributed by atoms with Crippen molar-refractivity contribution in [2.45, 2.75) is 11.4 Å². The van der Waals surface area contributed by atoms with Crippen molar-refractivity contribution in [1.82, 2.24) is 4.31 Å². The smallest absolute Gasteiger partial charge is 0.269 e. The summed E-state index contributed by atoms with van der Waals surface area (Å²) in [5.41, 5.74) is 0.784. The van der Waals surface area contributed by atoms with Gasteiger partial charge in [-0.2, -0.15) is 0 Å². The second-order valence-corrected chi connectivity index (χ2v) is 7.80. The minimum absolute atomic E-state index is 0.0339. The van der Waals surface area contributed by atoms with Gasteiger partial charge in [0.15, 0.2) is 11.5 Å². The molecule has 126 valence electrons. The highest BCUT2D eigenvalue weighted by atomic mass is 79.9. The Balaban J connectivity index is 2.03. The van der Waals surface area contributed by atoms with E-state index in [4.69, 9.17) is 9.47 Å². The lowest BCUT2D eigenvalue weighted by Gasteiger charge is -2.18. The van der Waals surface area contributed by atoms with E-state index < -0.39 is 15.9 Å². The van der Waals surface area contributed by atoms with E-state index in [1.807, 2.05) is 0 Å². The normalized spacial score (nSPS) is 15.3. The number of carbonyl (C=O) groups is 1. The molecule has 0 aliphatic carbocycles. The first-order valence-corrected chi connectivity index (χ1v) is 9.20. The quantitative estimate of drug-likeness (QED) is 0.773. The lowest BCUT2D eigenvalue weighted by Crippen LogP contribution is -2.29. The molecule has 6 nitrogen and oxygen atoms in total. The van der Waals surface area contributed by atoms with Gasteiger partial charge in [-0.25, -0.2) is 12.7 Å². The number of halogens is 1. The van der Waals surface area contributed by atoms with Crippen LogP contribution in [0.4, 0.5) is 0 Å². The first-order valence-electron chi connectivity index (χ1n) is 6.96. The second-order valence-electron chi connectivity index (χ2n) is 5.11. The molecule has 2 aromatic carbocycles. The SMILES string of the molecule is COc1cc(Br)c(CN2C(=O)c3ccccc3S2(=O)=O)cc1OC. The van der Waals surface area contributed by atoms with E-state index in [1.54, 1.807) is 24.3 Å². The maximum absolute atomic E-state index is 12.6. The number of benzene rings is 2. The number of ether oxygens (including phenoxy) is 2. The fourth-order valence-corrected chi connectivity index (χ4v) is 4.55. The molecule has 24 heavy (non-hydrogen) atoms. The van der Waals surface area contributed by atoms with Gasteiger partial charge in [-0.3, -0.25) is 4.79 Å². The van der Waals surface area contributed by atoms with Crippen molar-refractivity contribution in [3.05, 3.63) is 52.0 Å². The molecule has 3 rings (SSSR count). The summed E-state index contributed by atoms with van der Waals surface area (Å²) in [7, 11) is -0.857. The standard InChI is InChI=1S/C16H14BrNO5S/c1-22-13-7-10(12(17)8-14(13)23-2)9-18-16(19)11-5-3-4-6-15(11)24(18,20)21/h3-8H,9H2,1-2H3. The Bertz CT molecular complexity index is 926. The van der Waals surface area contributed by atoms with E-state index in [-0.39, 0.29) is 17.0 Å². The predicted molar refractivity (Wildman–Crippen MR) is 90.7 cm³/mol. The van der Waals surface area contributed by atoms with Crippen molar-refractivity contribution in [2.75, 3.05) is 14.2 Å². The van der Waals surface area contributed by atoms with Crippen LogP contribution in [0.2, 0.25) is 0 Å². The summed E-state index contributed by atoms with van der Waals surface area (Å²) >= 11 is 3.38. The van der Waals surface area contributed by atoms with Gasteiger partial charge in [0.25, 0.3) is 15.9 Å². The zero-order valence-electron chi connectivity index (χ0n) is 12.9. The zero-order valence-corrected chi connectivity index (χ0v) is 15.3. The molecule has 0 spiro atoms. The fraction of sp³-hybridized carbons (Fsp3) is 0.188. The molecule has 1 aliphatic rings. The number of methoxy groups -OCH3 is 2. The van der Waals surface area contributed by atoms with E-state index >= 15 is 0 Å². The molecule has 0 atom stereocenters. The van der Waals surface area contributed by atoms with Crippen LogP contribution in [0.5, 0.6) is 11.5 Å². The van der Waals surface area contributed by atoms with Gasteiger partial charge in [0.2, 0.25) is 0 Å². The lowest BCUT2D eigenvalue weighted by atomic mass is 10.1. The molecule has 0 fully saturated rings. The molecule has 0 aromatic heterocycles. The van der Waals surface area contributed by atoms with Crippen LogP contribution in [0.15, 0.2) is 45.8 Å². The van der Waals surface area contributed by atoms with Crippen LogP contribution in [0.25, 0.3) is 0 Å². The lowest BCUT2D eigenvalue weighted by molar-refractivity contribution is 0.0864. The third-order valence-electron chi connectivity index (χ3n) is 3.78. The average Bonchev–Trinajstić information content (AvgIpc) is 2.77. The first-order chi connectivity index (χ1) is 11.4. The van der Waals surface area contributed by atoms with Crippen LogP contribution < -0.4 is 9.47 Å². The van der Waals surface area contributed by atoms with Crippen LogP contribution in [-0.2, 0) is 16.6 Å². The first kappa shape index (κ1) is 16.8. The number of fused-ring (bicyclic) bond motifs is 1. The van der Waals surface area contributed by atoms with Gasteiger partial charge < -0.3 is 9.47 Å². The molecule has 1 heterocycles. The van der Waals surface area contributed by atoms with Crippen LogP contribution in [-0.4, -0.2) is 32.8 Å². The molecule has 0 saturated carbocycles. The van der Waals surface area contributed by atoms with E-state index in [2.05, 4.69) is 15.9 Å². The average molecular weight is 412 g/mol. The number of sulfonamides is 1. The van der Waals surface area contributed by atoms with E-state index in [1.165, 1.54) is 26.4 Å². The molecule has 0 radical (unpaired) electrons. The van der Waals surface area contributed by atoms with Crippen molar-refractivity contribution in [2.24, 2.45) is 0 Å². The summed E-state index contributed by atoms with van der Waals surface area (Å²) in [6.07, 6.45) is 0. The molecule has 2 aromatic rings. The maximum atomic E-state index is 12.6. The summed E-state index contributed by atoms with van der Waals surface area (Å²) in [4.78, 5) is 12.5. The van der Waals surface area contributed by atoms with Gasteiger partial charge in [0.05, 0.1) is 26.3 Å². The summed E-state index contributed by atoms with van der Waals surface area (Å²) in [5, 5.41) is 0. The minimum Gasteiger partial charge on any atom is -0.493 e. The van der Waals surface area contributed by atoms with Crippen LogP contribution >= 0.6 is 15.9 Å². The maximum Gasteiger partial charge on any atom is 0.269 e. The van der Waals surface area contributed by atoms with Gasteiger partial charge in [-0.05, 0) is 29.8 Å². The molecule has 1 amide bonds. The largest absolute Gasteiger partial charge is 0.493 e. The fourth-order valence-electron chi connectivity index (χ4n) is 2.56. The van der Waals surface area contributed by atoms with Crippen LogP contribution in [0.1, 0.15) is 15.9 Å². The van der Waals surface area contributed by atoms with Crippen LogP contribution in [0.3, 0.4) is 0 Å². The monoisotopic (exact) mass is 411 g/mol. The minimum atomic E-state index is -3.85. The Kier molecular flexibility index (Phi) is 4.27.